The molecule has 0 amide bonds. The summed E-state index contributed by atoms with van der Waals surface area (Å²) >= 11 is 0. The standard InChI is InChI=1S/C9H7N.C6H12O/c1-2-4-9-7-10-6-5-8(9)3-1;1-4-6(7)5(2)3/h1-7H;5H,4H2,1-3H3. The van der Waals surface area contributed by atoms with E-state index in [1.807, 2.05) is 51.4 Å². The second kappa shape index (κ2) is 6.79. The number of Topliss-reactive ketones (excluding diaryl/α,β-unsaturated/α-hetero) is 1. The normalized spacial score (nSPS) is 9.88. The molecule has 0 spiro atoms. The third kappa shape index (κ3) is 4.35. The van der Waals surface area contributed by atoms with Crippen LogP contribution in [0.2, 0.25) is 0 Å². The molecule has 0 saturated carbocycles. The van der Waals surface area contributed by atoms with Crippen molar-refractivity contribution in [2.45, 2.75) is 27.2 Å². The van der Waals surface area contributed by atoms with Crippen LogP contribution < -0.4 is 0 Å². The van der Waals surface area contributed by atoms with E-state index in [1.165, 1.54) is 10.8 Å². The summed E-state index contributed by atoms with van der Waals surface area (Å²) in [6.07, 6.45) is 4.36. The molecule has 0 radical (unpaired) electrons. The molecule has 0 aliphatic heterocycles. The molecule has 2 aromatic rings. The highest BCUT2D eigenvalue weighted by Gasteiger charge is 2.00. The van der Waals surface area contributed by atoms with Gasteiger partial charge in [-0.2, -0.15) is 0 Å². The third-order valence-electron chi connectivity index (χ3n) is 2.54. The third-order valence-corrected chi connectivity index (χ3v) is 2.54. The molecule has 17 heavy (non-hydrogen) atoms. The first-order valence-electron chi connectivity index (χ1n) is 5.96. The number of hydrogen-bond donors (Lipinski definition) is 0. The number of fused-ring (bicyclic) bond motifs is 1. The molecule has 90 valence electrons. The molecule has 1 aromatic heterocycles. The zero-order valence-corrected chi connectivity index (χ0v) is 10.7. The molecule has 0 aliphatic carbocycles. The lowest BCUT2D eigenvalue weighted by Crippen LogP contribution is -2.03. The Morgan fingerprint density at radius 1 is 1.18 bits per heavy atom. The molecule has 0 aliphatic rings. The van der Waals surface area contributed by atoms with Gasteiger partial charge in [-0.1, -0.05) is 45.0 Å². The molecule has 1 aromatic carbocycles. The first-order valence-corrected chi connectivity index (χ1v) is 5.96. The van der Waals surface area contributed by atoms with Gasteiger partial charge in [0.2, 0.25) is 0 Å². The van der Waals surface area contributed by atoms with Crippen LogP contribution in [0.3, 0.4) is 0 Å². The zero-order chi connectivity index (χ0) is 12.7. The van der Waals surface area contributed by atoms with Crippen molar-refractivity contribution in [3.8, 4) is 0 Å². The monoisotopic (exact) mass is 229 g/mol. The predicted octanol–water partition coefficient (Wildman–Crippen LogP) is 3.86. The van der Waals surface area contributed by atoms with Crippen LogP contribution in [0, 0.1) is 5.92 Å². The van der Waals surface area contributed by atoms with Crippen molar-refractivity contribution in [1.82, 2.24) is 4.98 Å². The fraction of sp³-hybridized carbons (Fsp3) is 0.333. The van der Waals surface area contributed by atoms with E-state index in [1.54, 1.807) is 0 Å². The number of nitrogens with zero attached hydrogens (tertiary/aromatic N) is 1. The molecule has 0 N–H and O–H groups in total. The van der Waals surface area contributed by atoms with Crippen molar-refractivity contribution in [2.75, 3.05) is 0 Å². The van der Waals surface area contributed by atoms with Gasteiger partial charge in [-0.3, -0.25) is 9.78 Å². The van der Waals surface area contributed by atoms with E-state index in [4.69, 9.17) is 0 Å². The Morgan fingerprint density at radius 3 is 2.29 bits per heavy atom. The van der Waals surface area contributed by atoms with Gasteiger partial charge in [-0.05, 0) is 16.8 Å². The van der Waals surface area contributed by atoms with Gasteiger partial charge in [-0.15, -0.1) is 0 Å². The largest absolute Gasteiger partial charge is 0.299 e. The van der Waals surface area contributed by atoms with Gasteiger partial charge in [0, 0.05) is 24.7 Å². The Hall–Kier alpha value is -1.70. The van der Waals surface area contributed by atoms with Crippen molar-refractivity contribution in [3.05, 3.63) is 42.7 Å². The lowest BCUT2D eigenvalue weighted by Gasteiger charge is -1.96. The molecular formula is C15H19NO. The van der Waals surface area contributed by atoms with Crippen LogP contribution in [0.5, 0.6) is 0 Å². The minimum absolute atomic E-state index is 0.227. The average molecular weight is 229 g/mol. The Balaban J connectivity index is 0.000000185. The highest BCUT2D eigenvalue weighted by atomic mass is 16.1. The Morgan fingerprint density at radius 2 is 1.82 bits per heavy atom. The first-order chi connectivity index (χ1) is 8.15. The van der Waals surface area contributed by atoms with E-state index in [-0.39, 0.29) is 5.92 Å². The Kier molecular flexibility index (Phi) is 5.34. The van der Waals surface area contributed by atoms with E-state index in [0.717, 1.165) is 0 Å². The summed E-state index contributed by atoms with van der Waals surface area (Å²) < 4.78 is 0. The van der Waals surface area contributed by atoms with Crippen LogP contribution in [0.1, 0.15) is 27.2 Å². The van der Waals surface area contributed by atoms with E-state index in [2.05, 4.69) is 17.1 Å². The Labute approximate surface area is 103 Å². The van der Waals surface area contributed by atoms with Crippen LogP contribution in [0.25, 0.3) is 10.8 Å². The van der Waals surface area contributed by atoms with Gasteiger partial charge >= 0.3 is 0 Å². The SMILES string of the molecule is CCC(=O)C(C)C.c1ccc2cnccc2c1. The van der Waals surface area contributed by atoms with Crippen molar-refractivity contribution in [3.63, 3.8) is 0 Å². The fourth-order valence-corrected chi connectivity index (χ4v) is 1.44. The van der Waals surface area contributed by atoms with Gasteiger partial charge in [0.15, 0.2) is 0 Å². The van der Waals surface area contributed by atoms with Crippen molar-refractivity contribution < 1.29 is 4.79 Å². The average Bonchev–Trinajstić information content (AvgIpc) is 2.38. The maximum atomic E-state index is 10.5. The summed E-state index contributed by atoms with van der Waals surface area (Å²) in [6, 6.07) is 10.2. The fourth-order valence-electron chi connectivity index (χ4n) is 1.44. The van der Waals surface area contributed by atoms with Crippen LogP contribution in [0.4, 0.5) is 0 Å². The molecule has 0 fully saturated rings. The number of aromatic nitrogens is 1. The summed E-state index contributed by atoms with van der Waals surface area (Å²) in [7, 11) is 0. The minimum atomic E-state index is 0.227. The maximum Gasteiger partial charge on any atom is 0.135 e. The van der Waals surface area contributed by atoms with E-state index >= 15 is 0 Å². The molecule has 2 nitrogen and oxygen atoms in total. The van der Waals surface area contributed by atoms with E-state index < -0.39 is 0 Å². The number of carbonyl (C=O) groups excluding carboxylic acids is 1. The molecule has 2 heteroatoms. The smallest absolute Gasteiger partial charge is 0.135 e. The lowest BCUT2D eigenvalue weighted by atomic mass is 10.1. The summed E-state index contributed by atoms with van der Waals surface area (Å²) in [5, 5.41) is 2.45. The van der Waals surface area contributed by atoms with Gasteiger partial charge < -0.3 is 0 Å². The number of benzene rings is 1. The topological polar surface area (TPSA) is 30.0 Å². The van der Waals surface area contributed by atoms with Gasteiger partial charge in [0.25, 0.3) is 0 Å². The van der Waals surface area contributed by atoms with Gasteiger partial charge in [0.1, 0.15) is 5.78 Å². The van der Waals surface area contributed by atoms with Crippen molar-refractivity contribution in [1.29, 1.82) is 0 Å². The molecule has 0 unspecified atom stereocenters. The van der Waals surface area contributed by atoms with E-state index in [0.29, 0.717) is 12.2 Å². The Bertz CT molecular complexity index is 412. The number of ketones is 1. The molecule has 2 rings (SSSR count). The highest BCUT2D eigenvalue weighted by Crippen LogP contribution is 2.09. The lowest BCUT2D eigenvalue weighted by molar-refractivity contribution is -0.121. The first kappa shape index (κ1) is 13.4. The maximum absolute atomic E-state index is 10.5. The second-order valence-electron chi connectivity index (χ2n) is 4.20. The van der Waals surface area contributed by atoms with Crippen molar-refractivity contribution in [2.24, 2.45) is 5.92 Å². The number of rotatable bonds is 2. The molecular weight excluding hydrogens is 210 g/mol. The summed E-state index contributed by atoms with van der Waals surface area (Å²) in [6.45, 7) is 5.74. The minimum Gasteiger partial charge on any atom is -0.299 e. The number of carbonyl (C=O) groups is 1. The second-order valence-corrected chi connectivity index (χ2v) is 4.20. The van der Waals surface area contributed by atoms with Crippen LogP contribution >= 0.6 is 0 Å². The van der Waals surface area contributed by atoms with Gasteiger partial charge in [0.05, 0.1) is 0 Å². The van der Waals surface area contributed by atoms with E-state index in [9.17, 15) is 4.79 Å². The highest BCUT2D eigenvalue weighted by molar-refractivity contribution is 5.81. The summed E-state index contributed by atoms with van der Waals surface area (Å²) in [5.41, 5.74) is 0. The quantitative estimate of drug-likeness (QED) is 0.782. The van der Waals surface area contributed by atoms with Crippen LogP contribution in [-0.4, -0.2) is 10.8 Å². The zero-order valence-electron chi connectivity index (χ0n) is 10.7. The summed E-state index contributed by atoms with van der Waals surface area (Å²) in [5.74, 6) is 0.574. The number of hydrogen-bond acceptors (Lipinski definition) is 2. The molecule has 0 atom stereocenters. The molecule has 0 saturated heterocycles. The number of pyridine rings is 1. The van der Waals surface area contributed by atoms with Crippen molar-refractivity contribution >= 4 is 16.6 Å². The van der Waals surface area contributed by atoms with Crippen LogP contribution in [0.15, 0.2) is 42.7 Å². The molecule has 1 heterocycles. The summed E-state index contributed by atoms with van der Waals surface area (Å²) in [4.78, 5) is 14.5. The van der Waals surface area contributed by atoms with Gasteiger partial charge in [-0.25, -0.2) is 0 Å². The van der Waals surface area contributed by atoms with Crippen LogP contribution in [-0.2, 0) is 4.79 Å². The predicted molar refractivity (Wildman–Crippen MR) is 71.9 cm³/mol. The molecule has 0 bridgehead atoms.